The predicted molar refractivity (Wildman–Crippen MR) is 142 cm³/mol. The van der Waals surface area contributed by atoms with Crippen molar-refractivity contribution >= 4 is 5.91 Å². The van der Waals surface area contributed by atoms with Crippen LogP contribution in [-0.4, -0.2) is 47.0 Å². The van der Waals surface area contributed by atoms with Gasteiger partial charge in [-0.1, -0.05) is 60.7 Å². The van der Waals surface area contributed by atoms with Crippen LogP contribution < -0.4 is 9.47 Å². The fourth-order valence-corrected chi connectivity index (χ4v) is 4.67. The lowest BCUT2D eigenvalue weighted by Gasteiger charge is -2.26. The van der Waals surface area contributed by atoms with E-state index < -0.39 is 0 Å². The van der Waals surface area contributed by atoms with Crippen LogP contribution in [0.1, 0.15) is 28.8 Å². The summed E-state index contributed by atoms with van der Waals surface area (Å²) in [6.07, 6.45) is 1.94. The molecule has 7 nitrogen and oxygen atoms in total. The van der Waals surface area contributed by atoms with E-state index in [4.69, 9.17) is 19.3 Å². The standard InChI is InChI=1S/C30H31N3O4/c1-32-30(37-27-18-10-9-17-26(27)35-2)25(28(31-32)22-12-5-3-6-13-22)21-33(20-24-16-11-19-36-24)29(34)23-14-7-4-8-15-23/h3-10,12-15,17-18,24H,11,16,19-21H2,1-2H3/t24-/m1/s1. The highest BCUT2D eigenvalue weighted by Crippen LogP contribution is 2.37. The van der Waals surface area contributed by atoms with Gasteiger partial charge in [-0.2, -0.15) is 5.10 Å². The van der Waals surface area contributed by atoms with Crippen molar-refractivity contribution in [3.63, 3.8) is 0 Å². The molecule has 5 rings (SSSR count). The first-order valence-electron chi connectivity index (χ1n) is 12.5. The number of amides is 1. The summed E-state index contributed by atoms with van der Waals surface area (Å²) in [5.41, 5.74) is 3.18. The molecule has 0 spiro atoms. The topological polar surface area (TPSA) is 65.8 Å². The summed E-state index contributed by atoms with van der Waals surface area (Å²) >= 11 is 0. The molecule has 190 valence electrons. The molecule has 0 unspecified atom stereocenters. The Kier molecular flexibility index (Phi) is 7.51. The van der Waals surface area contributed by atoms with Crippen LogP contribution in [0.25, 0.3) is 11.3 Å². The molecule has 37 heavy (non-hydrogen) atoms. The first kappa shape index (κ1) is 24.6. The Balaban J connectivity index is 1.57. The molecule has 1 atom stereocenters. The average Bonchev–Trinajstić information content (AvgIpc) is 3.57. The number of rotatable bonds is 9. The Labute approximate surface area is 217 Å². The van der Waals surface area contributed by atoms with Crippen molar-refractivity contribution in [2.45, 2.75) is 25.5 Å². The molecule has 1 aliphatic heterocycles. The Morgan fingerprint density at radius 3 is 2.35 bits per heavy atom. The molecule has 1 aromatic heterocycles. The van der Waals surface area contributed by atoms with Gasteiger partial charge in [0.25, 0.3) is 5.91 Å². The number of aryl methyl sites for hydroxylation is 1. The molecule has 0 bridgehead atoms. The van der Waals surface area contributed by atoms with Crippen LogP contribution in [0, 0.1) is 0 Å². The SMILES string of the molecule is COc1ccccc1Oc1c(CN(C[C@H]2CCCO2)C(=O)c2ccccc2)c(-c2ccccc2)nn1C. The minimum absolute atomic E-state index is 0.00287. The van der Waals surface area contributed by atoms with Gasteiger partial charge in [-0.05, 0) is 37.1 Å². The van der Waals surface area contributed by atoms with Gasteiger partial charge in [0.15, 0.2) is 11.5 Å². The van der Waals surface area contributed by atoms with Crippen molar-refractivity contribution in [3.05, 3.63) is 96.1 Å². The van der Waals surface area contributed by atoms with E-state index >= 15 is 0 Å². The maximum absolute atomic E-state index is 13.7. The number of ether oxygens (including phenoxy) is 3. The summed E-state index contributed by atoms with van der Waals surface area (Å²) in [6, 6.07) is 26.8. The Morgan fingerprint density at radius 1 is 1.00 bits per heavy atom. The second-order valence-electron chi connectivity index (χ2n) is 9.06. The van der Waals surface area contributed by atoms with Crippen molar-refractivity contribution in [3.8, 4) is 28.6 Å². The second-order valence-corrected chi connectivity index (χ2v) is 9.06. The van der Waals surface area contributed by atoms with Crippen LogP contribution in [0.3, 0.4) is 0 Å². The highest BCUT2D eigenvalue weighted by Gasteiger charge is 2.28. The van der Waals surface area contributed by atoms with Gasteiger partial charge in [-0.25, -0.2) is 4.68 Å². The maximum atomic E-state index is 13.7. The lowest BCUT2D eigenvalue weighted by atomic mass is 10.1. The van der Waals surface area contributed by atoms with Gasteiger partial charge >= 0.3 is 0 Å². The fourth-order valence-electron chi connectivity index (χ4n) is 4.67. The molecular weight excluding hydrogens is 466 g/mol. The van der Waals surface area contributed by atoms with Crippen LogP contribution in [0.2, 0.25) is 0 Å². The van der Waals surface area contributed by atoms with Crippen molar-refractivity contribution in [2.24, 2.45) is 7.05 Å². The minimum atomic E-state index is -0.0535. The largest absolute Gasteiger partial charge is 0.493 e. The van der Waals surface area contributed by atoms with Crippen molar-refractivity contribution < 1.29 is 19.0 Å². The van der Waals surface area contributed by atoms with Gasteiger partial charge in [0.2, 0.25) is 5.88 Å². The summed E-state index contributed by atoms with van der Waals surface area (Å²) < 4.78 is 19.6. The van der Waals surface area contributed by atoms with Crippen LogP contribution >= 0.6 is 0 Å². The van der Waals surface area contributed by atoms with Crippen LogP contribution in [0.5, 0.6) is 17.4 Å². The lowest BCUT2D eigenvalue weighted by molar-refractivity contribution is 0.0506. The van der Waals surface area contributed by atoms with Crippen LogP contribution in [-0.2, 0) is 18.3 Å². The number of benzene rings is 3. The number of aromatic nitrogens is 2. The molecule has 2 heterocycles. The second kappa shape index (κ2) is 11.3. The zero-order chi connectivity index (χ0) is 25.6. The summed E-state index contributed by atoms with van der Waals surface area (Å²) in [7, 11) is 3.47. The molecule has 1 fully saturated rings. The number of nitrogens with zero attached hydrogens (tertiary/aromatic N) is 3. The van der Waals surface area contributed by atoms with Gasteiger partial charge in [-0.15, -0.1) is 0 Å². The highest BCUT2D eigenvalue weighted by molar-refractivity contribution is 5.94. The van der Waals surface area contributed by atoms with E-state index in [1.807, 2.05) is 96.9 Å². The van der Waals surface area contributed by atoms with E-state index in [9.17, 15) is 4.79 Å². The van der Waals surface area contributed by atoms with E-state index in [0.29, 0.717) is 36.0 Å². The first-order valence-corrected chi connectivity index (χ1v) is 12.5. The average molecular weight is 498 g/mol. The zero-order valence-corrected chi connectivity index (χ0v) is 21.2. The molecule has 0 N–H and O–H groups in total. The monoisotopic (exact) mass is 497 g/mol. The highest BCUT2D eigenvalue weighted by atomic mass is 16.5. The van der Waals surface area contributed by atoms with E-state index in [1.54, 1.807) is 11.8 Å². The number of carbonyl (C=O) groups is 1. The van der Waals surface area contributed by atoms with Crippen LogP contribution in [0.15, 0.2) is 84.9 Å². The number of hydrogen-bond donors (Lipinski definition) is 0. The zero-order valence-electron chi connectivity index (χ0n) is 21.2. The van der Waals surface area contributed by atoms with Crippen molar-refractivity contribution in [2.75, 3.05) is 20.3 Å². The predicted octanol–water partition coefficient (Wildman–Crippen LogP) is 5.71. The smallest absolute Gasteiger partial charge is 0.254 e. The molecule has 3 aromatic carbocycles. The van der Waals surface area contributed by atoms with E-state index in [-0.39, 0.29) is 12.0 Å². The fraction of sp³-hybridized carbons (Fsp3) is 0.267. The third-order valence-corrected chi connectivity index (χ3v) is 6.52. The molecule has 7 heteroatoms. The summed E-state index contributed by atoms with van der Waals surface area (Å²) in [5, 5.41) is 4.83. The van der Waals surface area contributed by atoms with E-state index in [0.717, 1.165) is 36.3 Å². The minimum Gasteiger partial charge on any atom is -0.493 e. The maximum Gasteiger partial charge on any atom is 0.254 e. The molecule has 0 radical (unpaired) electrons. The summed E-state index contributed by atoms with van der Waals surface area (Å²) in [5.74, 6) is 1.70. The summed E-state index contributed by atoms with van der Waals surface area (Å²) in [6.45, 7) is 1.53. The summed E-state index contributed by atoms with van der Waals surface area (Å²) in [4.78, 5) is 15.6. The van der Waals surface area contributed by atoms with Crippen LogP contribution in [0.4, 0.5) is 0 Å². The quantitative estimate of drug-likeness (QED) is 0.296. The van der Waals surface area contributed by atoms with E-state index in [2.05, 4.69) is 0 Å². The molecule has 1 saturated heterocycles. The molecule has 1 aliphatic rings. The molecular formula is C30H31N3O4. The molecule has 0 aliphatic carbocycles. The number of para-hydroxylation sites is 2. The van der Waals surface area contributed by atoms with Gasteiger partial charge in [0.1, 0.15) is 5.69 Å². The molecule has 0 saturated carbocycles. The number of hydrogen-bond acceptors (Lipinski definition) is 5. The Bertz CT molecular complexity index is 1330. The number of carbonyl (C=O) groups excluding carboxylic acids is 1. The van der Waals surface area contributed by atoms with Crippen molar-refractivity contribution in [1.82, 2.24) is 14.7 Å². The molecule has 1 amide bonds. The Hall–Kier alpha value is -4.10. The lowest BCUT2D eigenvalue weighted by Crippen LogP contribution is -2.37. The third kappa shape index (κ3) is 5.52. The third-order valence-electron chi connectivity index (χ3n) is 6.52. The van der Waals surface area contributed by atoms with Gasteiger partial charge in [-0.3, -0.25) is 4.79 Å². The molecule has 4 aromatic rings. The first-order chi connectivity index (χ1) is 18.1. The van der Waals surface area contributed by atoms with Gasteiger partial charge in [0.05, 0.1) is 25.3 Å². The van der Waals surface area contributed by atoms with Crippen molar-refractivity contribution in [1.29, 1.82) is 0 Å². The van der Waals surface area contributed by atoms with E-state index in [1.165, 1.54) is 0 Å². The van der Waals surface area contributed by atoms with Gasteiger partial charge in [0, 0.05) is 31.3 Å². The Morgan fingerprint density at radius 2 is 1.68 bits per heavy atom. The van der Waals surface area contributed by atoms with Gasteiger partial charge < -0.3 is 19.1 Å². The number of methoxy groups -OCH3 is 1. The normalized spacial score (nSPS) is 14.9.